The fourth-order valence-electron chi connectivity index (χ4n) is 5.74. The second kappa shape index (κ2) is 10.0. The third kappa shape index (κ3) is 5.21. The van der Waals surface area contributed by atoms with Crippen LogP contribution in [0.4, 0.5) is 5.69 Å². The fourth-order valence-corrected chi connectivity index (χ4v) is 6.49. The molecule has 3 N–H and O–H groups in total. The summed E-state index contributed by atoms with van der Waals surface area (Å²) >= 11 is 6.26. The maximum Gasteiger partial charge on any atom is 0.273 e. The molecule has 194 valence electrons. The maximum atomic E-state index is 13.6. The van der Waals surface area contributed by atoms with Crippen molar-refractivity contribution < 1.29 is 13.2 Å². The average molecular weight is 540 g/mol. The van der Waals surface area contributed by atoms with E-state index >= 15 is 0 Å². The van der Waals surface area contributed by atoms with Gasteiger partial charge in [-0.15, -0.1) is 0 Å². The zero-order valence-corrected chi connectivity index (χ0v) is 22.2. The summed E-state index contributed by atoms with van der Waals surface area (Å²) in [4.78, 5) is 24.4. The number of fused-ring (bicyclic) bond motifs is 1. The Labute approximate surface area is 222 Å². The van der Waals surface area contributed by atoms with Crippen LogP contribution >= 0.6 is 11.6 Å². The third-order valence-corrected chi connectivity index (χ3v) is 8.47. The lowest BCUT2D eigenvalue weighted by atomic mass is 9.68. The Kier molecular flexibility index (Phi) is 6.95. The van der Waals surface area contributed by atoms with Gasteiger partial charge in [-0.2, -0.15) is 0 Å². The Balaban J connectivity index is 1.36. The number of nitrogens with zero attached hydrogens (tertiary/aromatic N) is 3. The number of rotatable bonds is 6. The number of amides is 1. The quantitative estimate of drug-likeness (QED) is 0.488. The molecule has 1 fully saturated rings. The van der Waals surface area contributed by atoms with Crippen molar-refractivity contribution in [3.05, 3.63) is 76.7 Å². The van der Waals surface area contributed by atoms with Gasteiger partial charge in [0.15, 0.2) is 0 Å². The highest BCUT2D eigenvalue weighted by Gasteiger charge is 2.40. The zero-order valence-electron chi connectivity index (χ0n) is 20.7. The summed E-state index contributed by atoms with van der Waals surface area (Å²) < 4.78 is 25.8. The van der Waals surface area contributed by atoms with Gasteiger partial charge in [0.1, 0.15) is 12.0 Å². The topological polar surface area (TPSA) is 118 Å². The average Bonchev–Trinajstić information content (AvgIpc) is 2.88. The van der Waals surface area contributed by atoms with Crippen LogP contribution in [0.25, 0.3) is 11.3 Å². The van der Waals surface area contributed by atoms with E-state index < -0.39 is 10.0 Å². The number of carbonyl (C=O) groups is 1. The summed E-state index contributed by atoms with van der Waals surface area (Å²) in [6, 6.07) is 15.1. The molecule has 0 unspecified atom stereocenters. The molecule has 10 heteroatoms. The summed E-state index contributed by atoms with van der Waals surface area (Å²) in [5.41, 5.74) is 10.4. The molecule has 2 aromatic carbocycles. The minimum atomic E-state index is -3.41. The van der Waals surface area contributed by atoms with Gasteiger partial charge in [0.25, 0.3) is 5.91 Å². The molecule has 0 atom stereocenters. The lowest BCUT2D eigenvalue weighted by molar-refractivity contribution is 0.0568. The van der Waals surface area contributed by atoms with Crippen molar-refractivity contribution in [3.8, 4) is 11.3 Å². The van der Waals surface area contributed by atoms with E-state index in [1.54, 1.807) is 18.2 Å². The van der Waals surface area contributed by atoms with Crippen LogP contribution in [0.1, 0.15) is 47.3 Å². The van der Waals surface area contributed by atoms with E-state index in [0.29, 0.717) is 41.6 Å². The molecular formula is C27H30ClN5O3S. The van der Waals surface area contributed by atoms with E-state index in [1.807, 2.05) is 29.2 Å². The molecular weight excluding hydrogens is 510 g/mol. The van der Waals surface area contributed by atoms with Gasteiger partial charge in [0.05, 0.1) is 11.9 Å². The monoisotopic (exact) mass is 539 g/mol. The number of anilines is 1. The number of hydrogen-bond donors (Lipinski definition) is 2. The van der Waals surface area contributed by atoms with Gasteiger partial charge in [0, 0.05) is 46.4 Å². The first-order valence-corrected chi connectivity index (χ1v) is 14.7. The minimum absolute atomic E-state index is 0.0803. The van der Waals surface area contributed by atoms with Gasteiger partial charge in [-0.05, 0) is 61.9 Å². The second-order valence-electron chi connectivity index (χ2n) is 9.98. The number of sulfonamides is 1. The molecule has 1 aliphatic heterocycles. The predicted octanol–water partition coefficient (Wildman–Crippen LogP) is 4.01. The van der Waals surface area contributed by atoms with Crippen molar-refractivity contribution in [2.75, 3.05) is 24.1 Å². The van der Waals surface area contributed by atoms with E-state index in [1.165, 1.54) is 11.9 Å². The number of carbonyl (C=O) groups excluding carboxylic acids is 1. The molecule has 5 rings (SSSR count). The van der Waals surface area contributed by atoms with E-state index in [2.05, 4.69) is 20.8 Å². The first kappa shape index (κ1) is 25.6. The van der Waals surface area contributed by atoms with E-state index in [9.17, 15) is 13.2 Å². The van der Waals surface area contributed by atoms with Crippen molar-refractivity contribution >= 4 is 33.2 Å². The van der Waals surface area contributed by atoms with Gasteiger partial charge in [-0.25, -0.2) is 18.4 Å². The lowest BCUT2D eigenvalue weighted by Crippen LogP contribution is -2.50. The molecule has 37 heavy (non-hydrogen) atoms. The third-order valence-electron chi connectivity index (χ3n) is 7.63. The van der Waals surface area contributed by atoms with Crippen LogP contribution in [0.2, 0.25) is 5.02 Å². The van der Waals surface area contributed by atoms with Crippen molar-refractivity contribution in [3.63, 3.8) is 0 Å². The smallest absolute Gasteiger partial charge is 0.273 e. The number of halogens is 1. The molecule has 2 aliphatic rings. The molecule has 3 aromatic rings. The van der Waals surface area contributed by atoms with Gasteiger partial charge >= 0.3 is 0 Å². The second-order valence-corrected chi connectivity index (χ2v) is 12.2. The van der Waals surface area contributed by atoms with E-state index in [-0.39, 0.29) is 17.4 Å². The molecule has 1 saturated carbocycles. The Morgan fingerprint density at radius 1 is 1.11 bits per heavy atom. The number of nitrogens with one attached hydrogen (secondary N) is 1. The Morgan fingerprint density at radius 3 is 2.54 bits per heavy atom. The van der Waals surface area contributed by atoms with Crippen LogP contribution in [0, 0.1) is 0 Å². The highest BCUT2D eigenvalue weighted by molar-refractivity contribution is 7.92. The zero-order chi connectivity index (χ0) is 26.2. The molecule has 0 saturated heterocycles. The molecule has 0 spiro atoms. The molecule has 1 aliphatic carbocycles. The van der Waals surface area contributed by atoms with E-state index in [4.69, 9.17) is 17.3 Å². The van der Waals surface area contributed by atoms with Crippen LogP contribution in [0.3, 0.4) is 0 Å². The van der Waals surface area contributed by atoms with Gasteiger partial charge in [-0.3, -0.25) is 9.52 Å². The molecule has 8 nitrogen and oxygen atoms in total. The van der Waals surface area contributed by atoms with Crippen molar-refractivity contribution in [1.82, 2.24) is 14.9 Å². The maximum absolute atomic E-state index is 13.6. The molecule has 0 bridgehead atoms. The number of benzene rings is 2. The first-order chi connectivity index (χ1) is 17.7. The number of aromatic nitrogens is 2. The Morgan fingerprint density at radius 2 is 1.84 bits per heavy atom. The normalized spacial score (nSPS) is 22.0. The SMILES string of the molecule is CS(=O)(=O)Nc1cccc(-c2ncnc3c2CCN(C2CCC(CN)(c4cccc(Cl)c4)CC2)C3=O)c1. The van der Waals surface area contributed by atoms with Gasteiger partial charge in [-0.1, -0.05) is 35.9 Å². The summed E-state index contributed by atoms with van der Waals surface area (Å²) in [7, 11) is -3.41. The minimum Gasteiger partial charge on any atom is -0.334 e. The van der Waals surface area contributed by atoms with Crippen molar-refractivity contribution in [1.29, 1.82) is 0 Å². The van der Waals surface area contributed by atoms with Crippen molar-refractivity contribution in [2.45, 2.75) is 43.6 Å². The van der Waals surface area contributed by atoms with Crippen LogP contribution in [-0.2, 0) is 21.9 Å². The highest BCUT2D eigenvalue weighted by Crippen LogP contribution is 2.42. The summed E-state index contributed by atoms with van der Waals surface area (Å²) in [5.74, 6) is -0.0803. The molecule has 0 radical (unpaired) electrons. The standard InChI is InChI=1S/C27H30ClN5O3S/c1-37(35,36)32-21-7-2-4-18(14-21)24-23-10-13-33(26(34)25(23)31-17-30-24)22-8-11-27(16-29,12-9-22)19-5-3-6-20(28)15-19/h2-7,14-15,17,22,32H,8-13,16,29H2,1H3. The number of hydrogen-bond acceptors (Lipinski definition) is 6. The molecule has 2 heterocycles. The largest absolute Gasteiger partial charge is 0.334 e. The van der Waals surface area contributed by atoms with Crippen LogP contribution in [0.15, 0.2) is 54.9 Å². The summed E-state index contributed by atoms with van der Waals surface area (Å²) in [5, 5.41) is 0.711. The first-order valence-electron chi connectivity index (χ1n) is 12.4. The summed E-state index contributed by atoms with van der Waals surface area (Å²) in [6.07, 6.45) is 6.65. The highest BCUT2D eigenvalue weighted by atomic mass is 35.5. The molecule has 1 aromatic heterocycles. The van der Waals surface area contributed by atoms with Crippen LogP contribution < -0.4 is 10.5 Å². The van der Waals surface area contributed by atoms with Crippen molar-refractivity contribution in [2.24, 2.45) is 5.73 Å². The Hall–Kier alpha value is -3.01. The fraction of sp³-hybridized carbons (Fsp3) is 0.370. The van der Waals surface area contributed by atoms with Gasteiger partial charge < -0.3 is 10.6 Å². The summed E-state index contributed by atoms with van der Waals surface area (Å²) in [6.45, 7) is 1.13. The van der Waals surface area contributed by atoms with E-state index in [0.717, 1.165) is 43.1 Å². The number of nitrogens with two attached hydrogens (primary N) is 1. The van der Waals surface area contributed by atoms with Crippen LogP contribution in [-0.4, -0.2) is 54.6 Å². The molecule has 1 amide bonds. The lowest BCUT2D eigenvalue weighted by Gasteiger charge is -2.44. The Bertz CT molecular complexity index is 1440. The van der Waals surface area contributed by atoms with Gasteiger partial charge in [0.2, 0.25) is 10.0 Å². The van der Waals surface area contributed by atoms with Crippen LogP contribution in [0.5, 0.6) is 0 Å². The predicted molar refractivity (Wildman–Crippen MR) is 145 cm³/mol.